The molecule has 0 N–H and O–H groups in total. The molecule has 78 valence electrons. The fourth-order valence-electron chi connectivity index (χ4n) is 1.000. The van der Waals surface area contributed by atoms with Gasteiger partial charge in [0.1, 0.15) is 6.07 Å². The Morgan fingerprint density at radius 3 is 2.87 bits per heavy atom. The molecule has 0 bridgehead atoms. The largest absolute Gasteiger partial charge is 0.382 e. The zero-order valence-corrected chi connectivity index (χ0v) is 9.75. The predicted octanol–water partition coefficient (Wildman–Crippen LogP) is 1.62. The van der Waals surface area contributed by atoms with Crippen molar-refractivity contribution in [1.82, 2.24) is 14.9 Å². The van der Waals surface area contributed by atoms with Crippen LogP contribution in [0.15, 0.2) is 23.6 Å². The Balaban J connectivity index is 3.09. The van der Waals surface area contributed by atoms with Crippen molar-refractivity contribution in [1.29, 1.82) is 5.26 Å². The first-order valence-corrected chi connectivity index (χ1v) is 5.55. The van der Waals surface area contributed by atoms with E-state index in [4.69, 9.17) is 5.26 Å². The Bertz CT molecular complexity index is 406. The maximum absolute atomic E-state index is 8.98. The summed E-state index contributed by atoms with van der Waals surface area (Å²) in [6, 6.07) is 3.86. The molecular weight excluding hydrogens is 208 g/mol. The first-order valence-electron chi connectivity index (χ1n) is 4.33. The minimum Gasteiger partial charge on any atom is -0.382 e. The molecule has 0 aromatic carbocycles. The monoisotopic (exact) mass is 220 g/mol. The van der Waals surface area contributed by atoms with Crippen LogP contribution in [0.3, 0.4) is 0 Å². The molecule has 4 nitrogen and oxygen atoms in total. The van der Waals surface area contributed by atoms with E-state index in [1.54, 1.807) is 18.5 Å². The van der Waals surface area contributed by atoms with Gasteiger partial charge in [-0.05, 0) is 12.3 Å². The SMILES string of the molecule is CSc1nccc(/C(C#N)=C\N(C)C)n1. The number of hydrogen-bond donors (Lipinski definition) is 0. The van der Waals surface area contributed by atoms with Crippen molar-refractivity contribution in [3.63, 3.8) is 0 Å². The van der Waals surface area contributed by atoms with Crippen molar-refractivity contribution in [2.24, 2.45) is 0 Å². The normalized spacial score (nSPS) is 10.9. The van der Waals surface area contributed by atoms with E-state index in [0.717, 1.165) is 0 Å². The van der Waals surface area contributed by atoms with Gasteiger partial charge < -0.3 is 4.90 Å². The molecule has 0 atom stereocenters. The Morgan fingerprint density at radius 1 is 1.60 bits per heavy atom. The molecule has 1 aromatic rings. The molecule has 0 spiro atoms. The predicted molar refractivity (Wildman–Crippen MR) is 61.1 cm³/mol. The maximum Gasteiger partial charge on any atom is 0.187 e. The third-order valence-electron chi connectivity index (χ3n) is 1.60. The van der Waals surface area contributed by atoms with Crippen molar-refractivity contribution in [2.45, 2.75) is 5.16 Å². The van der Waals surface area contributed by atoms with Crippen molar-refractivity contribution < 1.29 is 0 Å². The number of hydrogen-bond acceptors (Lipinski definition) is 5. The maximum atomic E-state index is 8.98. The van der Waals surface area contributed by atoms with E-state index in [2.05, 4.69) is 16.0 Å². The van der Waals surface area contributed by atoms with Crippen molar-refractivity contribution in [3.05, 3.63) is 24.2 Å². The summed E-state index contributed by atoms with van der Waals surface area (Å²) >= 11 is 1.46. The first-order chi connectivity index (χ1) is 7.17. The zero-order chi connectivity index (χ0) is 11.3. The number of nitriles is 1. The second kappa shape index (κ2) is 5.37. The molecule has 0 aliphatic rings. The van der Waals surface area contributed by atoms with E-state index >= 15 is 0 Å². The van der Waals surface area contributed by atoms with E-state index in [-0.39, 0.29) is 0 Å². The summed E-state index contributed by atoms with van der Waals surface area (Å²) in [7, 11) is 3.74. The van der Waals surface area contributed by atoms with E-state index in [1.807, 2.05) is 25.3 Å². The highest BCUT2D eigenvalue weighted by Crippen LogP contribution is 2.14. The lowest BCUT2D eigenvalue weighted by molar-refractivity contribution is 0.566. The van der Waals surface area contributed by atoms with Crippen LogP contribution in [0.5, 0.6) is 0 Å². The fraction of sp³-hybridized carbons (Fsp3) is 0.300. The average Bonchev–Trinajstić information content (AvgIpc) is 2.25. The van der Waals surface area contributed by atoms with E-state index < -0.39 is 0 Å². The molecule has 1 rings (SSSR count). The van der Waals surface area contributed by atoms with Crippen LogP contribution in [0.25, 0.3) is 5.57 Å². The summed E-state index contributed by atoms with van der Waals surface area (Å²) < 4.78 is 0. The van der Waals surface area contributed by atoms with Gasteiger partial charge in [-0.1, -0.05) is 11.8 Å². The highest BCUT2D eigenvalue weighted by Gasteiger charge is 2.04. The molecule has 5 heteroatoms. The van der Waals surface area contributed by atoms with Gasteiger partial charge in [0, 0.05) is 26.5 Å². The van der Waals surface area contributed by atoms with Gasteiger partial charge in [-0.2, -0.15) is 5.26 Å². The first kappa shape index (κ1) is 11.5. The number of nitrogens with zero attached hydrogens (tertiary/aromatic N) is 4. The van der Waals surface area contributed by atoms with Gasteiger partial charge in [-0.15, -0.1) is 0 Å². The summed E-state index contributed by atoms with van der Waals surface area (Å²) in [6.45, 7) is 0. The molecule has 1 heterocycles. The summed E-state index contributed by atoms with van der Waals surface area (Å²) in [5.41, 5.74) is 1.20. The van der Waals surface area contributed by atoms with E-state index in [0.29, 0.717) is 16.4 Å². The molecule has 0 saturated heterocycles. The van der Waals surface area contributed by atoms with Gasteiger partial charge in [0.05, 0.1) is 11.3 Å². The Kier molecular flexibility index (Phi) is 4.13. The van der Waals surface area contributed by atoms with Gasteiger partial charge >= 0.3 is 0 Å². The summed E-state index contributed by atoms with van der Waals surface area (Å²) in [4.78, 5) is 10.1. The van der Waals surface area contributed by atoms with Crippen molar-refractivity contribution in [2.75, 3.05) is 20.4 Å². The highest BCUT2D eigenvalue weighted by atomic mass is 32.2. The Labute approximate surface area is 93.6 Å². The Morgan fingerprint density at radius 2 is 2.33 bits per heavy atom. The number of aromatic nitrogens is 2. The number of allylic oxidation sites excluding steroid dienone is 1. The summed E-state index contributed by atoms with van der Waals surface area (Å²) in [6.07, 6.45) is 5.31. The Hall–Kier alpha value is -1.54. The van der Waals surface area contributed by atoms with Crippen LogP contribution in [0, 0.1) is 11.3 Å². The van der Waals surface area contributed by atoms with Crippen LogP contribution < -0.4 is 0 Å². The third kappa shape index (κ3) is 3.26. The van der Waals surface area contributed by atoms with Crippen LogP contribution in [0.2, 0.25) is 0 Å². The zero-order valence-electron chi connectivity index (χ0n) is 8.93. The van der Waals surface area contributed by atoms with Gasteiger partial charge in [0.2, 0.25) is 0 Å². The second-order valence-electron chi connectivity index (χ2n) is 3.05. The van der Waals surface area contributed by atoms with E-state index in [9.17, 15) is 0 Å². The standard InChI is InChI=1S/C10H12N4S/c1-14(2)7-8(6-11)9-4-5-12-10(13-9)15-3/h4-5,7H,1-3H3/b8-7-. The van der Waals surface area contributed by atoms with Crippen LogP contribution in [-0.4, -0.2) is 35.2 Å². The molecule has 0 saturated carbocycles. The molecule has 0 unspecified atom stereocenters. The third-order valence-corrected chi connectivity index (χ3v) is 2.16. The lowest BCUT2D eigenvalue weighted by Gasteiger charge is -2.06. The molecule has 0 amide bonds. The van der Waals surface area contributed by atoms with Gasteiger partial charge in [0.25, 0.3) is 0 Å². The molecule has 1 aromatic heterocycles. The summed E-state index contributed by atoms with van der Waals surface area (Å²) in [5, 5.41) is 9.65. The summed E-state index contributed by atoms with van der Waals surface area (Å²) in [5.74, 6) is 0. The van der Waals surface area contributed by atoms with Crippen molar-refractivity contribution in [3.8, 4) is 6.07 Å². The smallest absolute Gasteiger partial charge is 0.187 e. The topological polar surface area (TPSA) is 52.8 Å². The van der Waals surface area contributed by atoms with Gasteiger partial charge in [0.15, 0.2) is 5.16 Å². The molecule has 0 aliphatic heterocycles. The van der Waals surface area contributed by atoms with Crippen LogP contribution in [0.1, 0.15) is 5.69 Å². The molecule has 0 fully saturated rings. The highest BCUT2D eigenvalue weighted by molar-refractivity contribution is 7.98. The van der Waals surface area contributed by atoms with Crippen LogP contribution in [-0.2, 0) is 0 Å². The van der Waals surface area contributed by atoms with Gasteiger partial charge in [-0.25, -0.2) is 9.97 Å². The average molecular weight is 220 g/mol. The lowest BCUT2D eigenvalue weighted by atomic mass is 10.2. The molecule has 15 heavy (non-hydrogen) atoms. The molecule has 0 aliphatic carbocycles. The quantitative estimate of drug-likeness (QED) is 0.440. The minimum absolute atomic E-state index is 0.540. The lowest BCUT2D eigenvalue weighted by Crippen LogP contribution is -2.03. The van der Waals surface area contributed by atoms with Crippen LogP contribution in [0.4, 0.5) is 0 Å². The van der Waals surface area contributed by atoms with Crippen LogP contribution >= 0.6 is 11.8 Å². The molecule has 0 radical (unpaired) electrons. The van der Waals surface area contributed by atoms with Gasteiger partial charge in [-0.3, -0.25) is 0 Å². The second-order valence-corrected chi connectivity index (χ2v) is 3.82. The fourth-order valence-corrected chi connectivity index (χ4v) is 1.36. The minimum atomic E-state index is 0.540. The van der Waals surface area contributed by atoms with Crippen molar-refractivity contribution >= 4 is 17.3 Å². The number of thioether (sulfide) groups is 1. The number of rotatable bonds is 3. The van der Waals surface area contributed by atoms with E-state index in [1.165, 1.54) is 11.8 Å². The molecular formula is C10H12N4S.